The molecular formula is C14H12ClNO3S. The van der Waals surface area contributed by atoms with Crippen molar-refractivity contribution in [2.45, 2.75) is 4.90 Å². The van der Waals surface area contributed by atoms with E-state index in [4.69, 9.17) is 16.3 Å². The van der Waals surface area contributed by atoms with Crippen LogP contribution in [0.15, 0.2) is 53.4 Å². The number of hydrogen-bond donors (Lipinski definition) is 0. The number of nitrogens with zero attached hydrogens (tertiary/aromatic N) is 1. The molecule has 0 fully saturated rings. The molecule has 0 aliphatic carbocycles. The van der Waals surface area contributed by atoms with Gasteiger partial charge in [-0.3, -0.25) is 4.31 Å². The summed E-state index contributed by atoms with van der Waals surface area (Å²) in [6.45, 7) is 0.589. The van der Waals surface area contributed by atoms with E-state index in [2.05, 4.69) is 0 Å². The molecule has 6 heteroatoms. The maximum absolute atomic E-state index is 12.8. The normalized spacial score (nSPS) is 14.6. The molecule has 0 N–H and O–H groups in total. The van der Waals surface area contributed by atoms with Crippen LogP contribution in [0.1, 0.15) is 0 Å². The first-order valence-electron chi connectivity index (χ1n) is 6.10. The lowest BCUT2D eigenvalue weighted by atomic mass is 10.2. The summed E-state index contributed by atoms with van der Waals surface area (Å²) in [5, 5.41) is 0.219. The van der Waals surface area contributed by atoms with Gasteiger partial charge in [-0.15, -0.1) is 0 Å². The largest absolute Gasteiger partial charge is 0.489 e. The Kier molecular flexibility index (Phi) is 3.31. The average Bonchev–Trinajstić information content (AvgIpc) is 2.47. The fourth-order valence-electron chi connectivity index (χ4n) is 2.17. The standard InChI is InChI=1S/C14H12ClNO3S/c15-11-5-1-4-8-14(11)20(17,18)16-9-10-19-13-7-3-2-6-12(13)16/h1-8H,9-10H2. The fourth-order valence-corrected chi connectivity index (χ4v) is 4.12. The van der Waals surface area contributed by atoms with Gasteiger partial charge in [-0.2, -0.15) is 0 Å². The molecule has 0 spiro atoms. The number of sulfonamides is 1. The van der Waals surface area contributed by atoms with E-state index in [1.807, 2.05) is 6.07 Å². The number of anilines is 1. The summed E-state index contributed by atoms with van der Waals surface area (Å²) < 4.78 is 32.3. The summed E-state index contributed by atoms with van der Waals surface area (Å²) >= 11 is 6.02. The maximum Gasteiger partial charge on any atom is 0.266 e. The molecular weight excluding hydrogens is 298 g/mol. The van der Waals surface area contributed by atoms with Crippen LogP contribution in [0, 0.1) is 0 Å². The van der Waals surface area contributed by atoms with Crippen LogP contribution in [0.3, 0.4) is 0 Å². The van der Waals surface area contributed by atoms with Crippen molar-refractivity contribution in [3.8, 4) is 5.75 Å². The highest BCUT2D eigenvalue weighted by Gasteiger charge is 2.31. The van der Waals surface area contributed by atoms with Crippen molar-refractivity contribution in [2.24, 2.45) is 0 Å². The Morgan fingerprint density at radius 3 is 2.55 bits per heavy atom. The maximum atomic E-state index is 12.8. The highest BCUT2D eigenvalue weighted by Crippen LogP contribution is 2.36. The monoisotopic (exact) mass is 309 g/mol. The number of halogens is 1. The smallest absolute Gasteiger partial charge is 0.266 e. The van der Waals surface area contributed by atoms with Crippen LogP contribution in [-0.4, -0.2) is 21.6 Å². The molecule has 104 valence electrons. The fraction of sp³-hybridized carbons (Fsp3) is 0.143. The summed E-state index contributed by atoms with van der Waals surface area (Å²) in [5.41, 5.74) is 0.540. The highest BCUT2D eigenvalue weighted by atomic mass is 35.5. The first-order valence-corrected chi connectivity index (χ1v) is 7.91. The van der Waals surface area contributed by atoms with Crippen LogP contribution in [0.2, 0.25) is 5.02 Å². The zero-order valence-electron chi connectivity index (χ0n) is 10.5. The minimum absolute atomic E-state index is 0.110. The van der Waals surface area contributed by atoms with Gasteiger partial charge in [0.1, 0.15) is 17.3 Å². The molecule has 4 nitrogen and oxygen atoms in total. The Hall–Kier alpha value is -1.72. The van der Waals surface area contributed by atoms with Crippen molar-refractivity contribution in [3.63, 3.8) is 0 Å². The number of ether oxygens (including phenoxy) is 1. The lowest BCUT2D eigenvalue weighted by Gasteiger charge is -2.30. The van der Waals surface area contributed by atoms with E-state index < -0.39 is 10.0 Å². The molecule has 0 amide bonds. The van der Waals surface area contributed by atoms with Crippen LogP contribution < -0.4 is 9.04 Å². The third-order valence-corrected chi connectivity index (χ3v) is 5.40. The predicted octanol–water partition coefficient (Wildman–Crippen LogP) is 2.93. The quantitative estimate of drug-likeness (QED) is 0.857. The zero-order chi connectivity index (χ0) is 14.2. The van der Waals surface area contributed by atoms with E-state index in [9.17, 15) is 8.42 Å². The molecule has 1 aliphatic heterocycles. The van der Waals surface area contributed by atoms with Crippen molar-refractivity contribution in [1.82, 2.24) is 0 Å². The third-order valence-electron chi connectivity index (χ3n) is 3.09. The van der Waals surface area contributed by atoms with E-state index >= 15 is 0 Å². The van der Waals surface area contributed by atoms with Gasteiger partial charge in [-0.25, -0.2) is 8.42 Å². The molecule has 2 aromatic carbocycles. The van der Waals surface area contributed by atoms with Gasteiger partial charge >= 0.3 is 0 Å². The molecule has 3 rings (SSSR count). The Morgan fingerprint density at radius 1 is 1.05 bits per heavy atom. The van der Waals surface area contributed by atoms with Gasteiger partial charge in [0.15, 0.2) is 0 Å². The molecule has 0 saturated heterocycles. The van der Waals surface area contributed by atoms with Crippen LogP contribution in [0.5, 0.6) is 5.75 Å². The molecule has 1 aliphatic rings. The van der Waals surface area contributed by atoms with Crippen LogP contribution in [0.4, 0.5) is 5.69 Å². The Morgan fingerprint density at radius 2 is 1.75 bits per heavy atom. The van der Waals surface area contributed by atoms with Crippen LogP contribution in [0.25, 0.3) is 0 Å². The van der Waals surface area contributed by atoms with Gasteiger partial charge in [0.2, 0.25) is 0 Å². The van der Waals surface area contributed by atoms with Crippen molar-refractivity contribution < 1.29 is 13.2 Å². The van der Waals surface area contributed by atoms with Gasteiger partial charge < -0.3 is 4.74 Å². The van der Waals surface area contributed by atoms with Crippen molar-refractivity contribution in [1.29, 1.82) is 0 Å². The Labute approximate surface area is 122 Å². The van der Waals surface area contributed by atoms with E-state index in [0.717, 1.165) is 0 Å². The van der Waals surface area contributed by atoms with Crippen molar-refractivity contribution >= 4 is 27.3 Å². The summed E-state index contributed by atoms with van der Waals surface area (Å²) in [6, 6.07) is 13.5. The second kappa shape index (κ2) is 5.00. The molecule has 20 heavy (non-hydrogen) atoms. The van der Waals surface area contributed by atoms with Gasteiger partial charge in [0.25, 0.3) is 10.0 Å². The molecule has 0 radical (unpaired) electrons. The number of fused-ring (bicyclic) bond motifs is 1. The topological polar surface area (TPSA) is 46.6 Å². The second-order valence-electron chi connectivity index (χ2n) is 4.32. The summed E-state index contributed by atoms with van der Waals surface area (Å²) in [6.07, 6.45) is 0. The molecule has 0 unspecified atom stereocenters. The molecule has 0 aromatic heterocycles. The molecule has 0 bridgehead atoms. The summed E-state index contributed by atoms with van der Waals surface area (Å²) in [4.78, 5) is 0.110. The Balaban J connectivity index is 2.13. The third kappa shape index (κ3) is 2.13. The molecule has 2 aromatic rings. The zero-order valence-corrected chi connectivity index (χ0v) is 12.1. The highest BCUT2D eigenvalue weighted by molar-refractivity contribution is 7.93. The van der Waals surface area contributed by atoms with Gasteiger partial charge in [0, 0.05) is 0 Å². The molecule has 0 saturated carbocycles. The van der Waals surface area contributed by atoms with E-state index in [0.29, 0.717) is 18.0 Å². The first kappa shape index (κ1) is 13.3. The van der Waals surface area contributed by atoms with E-state index in [1.54, 1.807) is 36.4 Å². The minimum Gasteiger partial charge on any atom is -0.489 e. The van der Waals surface area contributed by atoms with Gasteiger partial charge in [-0.05, 0) is 24.3 Å². The van der Waals surface area contributed by atoms with Gasteiger partial charge in [0.05, 0.1) is 17.3 Å². The van der Waals surface area contributed by atoms with Crippen LogP contribution >= 0.6 is 11.6 Å². The minimum atomic E-state index is -3.68. The SMILES string of the molecule is O=S(=O)(c1ccccc1Cl)N1CCOc2ccccc21. The van der Waals surface area contributed by atoms with Crippen LogP contribution in [-0.2, 0) is 10.0 Å². The van der Waals surface area contributed by atoms with Crippen molar-refractivity contribution in [2.75, 3.05) is 17.5 Å². The van der Waals surface area contributed by atoms with Crippen molar-refractivity contribution in [3.05, 3.63) is 53.6 Å². The predicted molar refractivity (Wildman–Crippen MR) is 77.9 cm³/mol. The average molecular weight is 310 g/mol. The summed E-state index contributed by atoms with van der Waals surface area (Å²) in [7, 11) is -3.68. The molecule has 1 heterocycles. The number of benzene rings is 2. The van der Waals surface area contributed by atoms with E-state index in [-0.39, 0.29) is 16.5 Å². The molecule has 0 atom stereocenters. The number of hydrogen-bond acceptors (Lipinski definition) is 3. The number of rotatable bonds is 2. The lowest BCUT2D eigenvalue weighted by Crippen LogP contribution is -2.38. The van der Waals surface area contributed by atoms with E-state index in [1.165, 1.54) is 10.4 Å². The summed E-state index contributed by atoms with van der Waals surface area (Å²) in [5.74, 6) is 0.564. The Bertz CT molecular complexity index is 746. The number of para-hydroxylation sites is 2. The second-order valence-corrected chi connectivity index (χ2v) is 6.56. The van der Waals surface area contributed by atoms with Gasteiger partial charge in [-0.1, -0.05) is 35.9 Å². The lowest BCUT2D eigenvalue weighted by molar-refractivity contribution is 0.316. The first-order chi connectivity index (χ1) is 9.60.